The summed E-state index contributed by atoms with van der Waals surface area (Å²) in [6, 6.07) is 23.7. The zero-order valence-corrected chi connectivity index (χ0v) is 33.0. The van der Waals surface area contributed by atoms with E-state index in [1.54, 1.807) is 41.4 Å². The predicted molar refractivity (Wildman–Crippen MR) is 225 cm³/mol. The van der Waals surface area contributed by atoms with Crippen molar-refractivity contribution in [3.63, 3.8) is 0 Å². The van der Waals surface area contributed by atoms with Crippen LogP contribution in [0.2, 0.25) is 0 Å². The number of rotatable bonds is 7. The smallest absolute Gasteiger partial charge is 0.256 e. The van der Waals surface area contributed by atoms with Crippen molar-refractivity contribution in [1.29, 1.82) is 0 Å². The van der Waals surface area contributed by atoms with Crippen LogP contribution in [0, 0.1) is 11.6 Å². The second-order valence-electron chi connectivity index (χ2n) is 14.5. The Labute approximate surface area is 340 Å². The van der Waals surface area contributed by atoms with Crippen molar-refractivity contribution in [1.82, 2.24) is 30.0 Å². The number of nitrogen functional groups attached to an aromatic ring is 2. The first-order chi connectivity index (χ1) is 28.5. The number of amides is 3. The van der Waals surface area contributed by atoms with Gasteiger partial charge in [0.1, 0.15) is 23.3 Å². The lowest BCUT2D eigenvalue weighted by Crippen LogP contribution is -2.51. The van der Waals surface area contributed by atoms with Crippen LogP contribution in [-0.2, 0) is 9.53 Å². The quantitative estimate of drug-likeness (QED) is 0.176. The zero-order valence-electron chi connectivity index (χ0n) is 33.0. The molecule has 14 heteroatoms. The Morgan fingerprint density at radius 3 is 1.69 bits per heavy atom. The highest BCUT2D eigenvalue weighted by molar-refractivity contribution is 6.11. The van der Waals surface area contributed by atoms with Crippen molar-refractivity contribution in [3.05, 3.63) is 120 Å². The normalized spacial score (nSPS) is 15.8. The number of nitrogens with zero attached hydrogens (tertiary/aromatic N) is 5. The SMILES string of the molecule is CCCN1CCN(C(=O)c2cnc(N)c3cc(-c4cccc(F)c4)ccc23)CC1.CNC(=O)C1CN(C(=O)c2cnc(N)c3cc(-c4cccc(F)c4)ccc23)CCO1. The van der Waals surface area contributed by atoms with Gasteiger partial charge in [0.15, 0.2) is 6.10 Å². The standard InChI is InChI=1S/C23H25FN4O.C22H21FN4O3/c1-2-8-27-9-11-28(12-10-27)23(29)21-15-26-22(25)20-14-17(6-7-19(20)21)16-4-3-5-18(24)13-16;1-25-21(28)19-12-27(7-8-30-19)22(29)18-11-26-20(24)17-10-14(5-6-16(17)18)13-3-2-4-15(23)9-13/h3-7,13-15H,2,8-12H2,1H3,(H2,25,26);2-6,9-11,19H,7-8,12H2,1H3,(H2,24,26)(H,25,28). The average Bonchev–Trinajstić information content (AvgIpc) is 3.26. The van der Waals surface area contributed by atoms with E-state index in [0.29, 0.717) is 58.3 Å². The monoisotopic (exact) mass is 800 g/mol. The molecule has 2 saturated heterocycles. The number of piperazine rings is 1. The van der Waals surface area contributed by atoms with Gasteiger partial charge < -0.3 is 31.3 Å². The molecule has 59 heavy (non-hydrogen) atoms. The van der Waals surface area contributed by atoms with Crippen molar-refractivity contribution in [2.24, 2.45) is 0 Å². The molecule has 2 aromatic heterocycles. The minimum atomic E-state index is -0.708. The Kier molecular flexibility index (Phi) is 12.4. The molecule has 2 aliphatic heterocycles. The van der Waals surface area contributed by atoms with Crippen LogP contribution >= 0.6 is 0 Å². The minimum absolute atomic E-state index is 0.0165. The molecular formula is C45H46F2N8O4. The van der Waals surface area contributed by atoms with Gasteiger partial charge in [-0.05, 0) is 82.4 Å². The van der Waals surface area contributed by atoms with Crippen LogP contribution in [0.3, 0.4) is 0 Å². The molecule has 5 N–H and O–H groups in total. The molecule has 4 heterocycles. The van der Waals surface area contributed by atoms with Gasteiger partial charge in [-0.25, -0.2) is 18.7 Å². The van der Waals surface area contributed by atoms with Crippen molar-refractivity contribution in [2.45, 2.75) is 19.4 Å². The van der Waals surface area contributed by atoms with Crippen LogP contribution in [0.1, 0.15) is 34.1 Å². The average molecular weight is 801 g/mol. The van der Waals surface area contributed by atoms with E-state index in [1.807, 2.05) is 35.2 Å². The molecule has 8 rings (SSSR count). The van der Waals surface area contributed by atoms with Gasteiger partial charge in [-0.3, -0.25) is 19.3 Å². The molecule has 0 spiro atoms. The third-order valence-corrected chi connectivity index (χ3v) is 10.7. The van der Waals surface area contributed by atoms with E-state index in [1.165, 1.54) is 37.5 Å². The number of morpholine rings is 1. The van der Waals surface area contributed by atoms with Crippen molar-refractivity contribution in [2.75, 3.05) is 70.9 Å². The summed E-state index contributed by atoms with van der Waals surface area (Å²) in [5.74, 6) is -0.513. The number of aromatic nitrogens is 2. The molecule has 12 nitrogen and oxygen atoms in total. The van der Waals surface area contributed by atoms with Crippen molar-refractivity contribution >= 4 is 50.9 Å². The second-order valence-corrected chi connectivity index (χ2v) is 14.5. The molecule has 2 aliphatic rings. The Bertz CT molecular complexity index is 2530. The maximum absolute atomic E-state index is 13.6. The van der Waals surface area contributed by atoms with Crippen LogP contribution in [0.4, 0.5) is 20.4 Å². The van der Waals surface area contributed by atoms with Gasteiger partial charge in [-0.2, -0.15) is 0 Å². The molecule has 0 saturated carbocycles. The number of benzene rings is 4. The number of fused-ring (bicyclic) bond motifs is 2. The largest absolute Gasteiger partial charge is 0.383 e. The number of hydrogen-bond donors (Lipinski definition) is 3. The Morgan fingerprint density at radius 2 is 1.20 bits per heavy atom. The second kappa shape index (κ2) is 18.0. The lowest BCUT2D eigenvalue weighted by atomic mass is 9.99. The lowest BCUT2D eigenvalue weighted by molar-refractivity contribution is -0.136. The Morgan fingerprint density at radius 1 is 0.695 bits per heavy atom. The number of pyridine rings is 2. The van der Waals surface area contributed by atoms with Gasteiger partial charge >= 0.3 is 0 Å². The molecule has 3 amide bonds. The first-order valence-electron chi connectivity index (χ1n) is 19.6. The van der Waals surface area contributed by atoms with E-state index in [-0.39, 0.29) is 48.3 Å². The van der Waals surface area contributed by atoms with E-state index in [0.717, 1.165) is 48.1 Å². The maximum atomic E-state index is 13.6. The van der Waals surface area contributed by atoms with Crippen molar-refractivity contribution < 1.29 is 27.9 Å². The summed E-state index contributed by atoms with van der Waals surface area (Å²) >= 11 is 0. The number of likely N-dealkylation sites (N-methyl/N-ethyl adjacent to an activating group) is 1. The molecule has 0 bridgehead atoms. The zero-order chi connectivity index (χ0) is 41.6. The molecule has 4 aromatic carbocycles. The van der Waals surface area contributed by atoms with E-state index in [9.17, 15) is 23.2 Å². The number of halogens is 2. The fraction of sp³-hybridized carbons (Fsp3) is 0.267. The molecule has 0 aliphatic carbocycles. The Hall–Kier alpha value is -6.51. The van der Waals surface area contributed by atoms with Gasteiger partial charge in [0.25, 0.3) is 17.7 Å². The molecule has 304 valence electrons. The number of nitrogens with two attached hydrogens (primary N) is 2. The van der Waals surface area contributed by atoms with E-state index >= 15 is 0 Å². The predicted octanol–water partition coefficient (Wildman–Crippen LogP) is 6.00. The van der Waals surface area contributed by atoms with Gasteiger partial charge in [0.05, 0.1) is 24.3 Å². The fourth-order valence-corrected chi connectivity index (χ4v) is 7.55. The molecule has 1 atom stereocenters. The number of nitrogens with one attached hydrogen (secondary N) is 1. The Balaban J connectivity index is 0.000000179. The number of carbonyl (C=O) groups is 3. The van der Waals surface area contributed by atoms with Crippen LogP contribution < -0.4 is 16.8 Å². The maximum Gasteiger partial charge on any atom is 0.256 e. The lowest BCUT2D eigenvalue weighted by Gasteiger charge is -2.34. The highest BCUT2D eigenvalue weighted by atomic mass is 19.1. The number of anilines is 2. The van der Waals surface area contributed by atoms with Gasteiger partial charge in [0.2, 0.25) is 0 Å². The van der Waals surface area contributed by atoms with Crippen LogP contribution in [-0.4, -0.2) is 108 Å². The van der Waals surface area contributed by atoms with Crippen LogP contribution in [0.15, 0.2) is 97.3 Å². The van der Waals surface area contributed by atoms with Crippen molar-refractivity contribution in [3.8, 4) is 22.3 Å². The van der Waals surface area contributed by atoms with Gasteiger partial charge in [0, 0.05) is 62.9 Å². The molecular weight excluding hydrogens is 755 g/mol. The summed E-state index contributed by atoms with van der Waals surface area (Å²) in [7, 11) is 1.53. The summed E-state index contributed by atoms with van der Waals surface area (Å²) in [6.45, 7) is 7.25. The van der Waals surface area contributed by atoms with E-state index in [2.05, 4.69) is 27.1 Å². The molecule has 6 aromatic rings. The third kappa shape index (κ3) is 8.98. The number of hydrogen-bond acceptors (Lipinski definition) is 9. The summed E-state index contributed by atoms with van der Waals surface area (Å²) in [5.41, 5.74) is 16.2. The minimum Gasteiger partial charge on any atom is -0.383 e. The first-order valence-corrected chi connectivity index (χ1v) is 19.6. The first kappa shape index (κ1) is 40.7. The highest BCUT2D eigenvalue weighted by Gasteiger charge is 2.30. The number of ether oxygens (including phenoxy) is 1. The summed E-state index contributed by atoms with van der Waals surface area (Å²) < 4.78 is 32.7. The van der Waals surface area contributed by atoms with Gasteiger partial charge in [-0.1, -0.05) is 55.5 Å². The summed E-state index contributed by atoms with van der Waals surface area (Å²) in [6.07, 6.45) is 3.43. The third-order valence-electron chi connectivity index (χ3n) is 10.7. The molecule has 1 unspecified atom stereocenters. The van der Waals surface area contributed by atoms with E-state index in [4.69, 9.17) is 16.2 Å². The number of carbonyl (C=O) groups excluding carboxylic acids is 3. The van der Waals surface area contributed by atoms with E-state index < -0.39 is 6.10 Å². The van der Waals surface area contributed by atoms with Crippen LogP contribution in [0.5, 0.6) is 0 Å². The summed E-state index contributed by atoms with van der Waals surface area (Å²) in [4.78, 5) is 52.6. The van der Waals surface area contributed by atoms with Gasteiger partial charge in [-0.15, -0.1) is 0 Å². The van der Waals surface area contributed by atoms with Crippen LogP contribution in [0.25, 0.3) is 43.8 Å². The molecule has 0 radical (unpaired) electrons. The topological polar surface area (TPSA) is 160 Å². The summed E-state index contributed by atoms with van der Waals surface area (Å²) in [5, 5.41) is 5.28. The fourth-order valence-electron chi connectivity index (χ4n) is 7.55. The highest BCUT2D eigenvalue weighted by Crippen LogP contribution is 2.32. The molecule has 2 fully saturated rings.